The molecule has 0 aliphatic carbocycles. The van der Waals surface area contributed by atoms with Gasteiger partial charge in [-0.2, -0.15) is 0 Å². The van der Waals surface area contributed by atoms with Gasteiger partial charge < -0.3 is 5.32 Å². The molecule has 1 aromatic rings. The van der Waals surface area contributed by atoms with E-state index in [-0.39, 0.29) is 0 Å². The Balaban J connectivity index is 1.58. The number of nitrogens with zero attached hydrogens (tertiary/aromatic N) is 1. The fourth-order valence-electron chi connectivity index (χ4n) is 3.30. The van der Waals surface area contributed by atoms with Crippen molar-refractivity contribution in [1.82, 2.24) is 10.2 Å². The molecule has 92 valence electrons. The average molecular weight is 230 g/mol. The zero-order valence-corrected chi connectivity index (χ0v) is 10.7. The van der Waals surface area contributed by atoms with Crippen LogP contribution in [0.2, 0.25) is 0 Å². The van der Waals surface area contributed by atoms with Crippen molar-refractivity contribution in [2.75, 3.05) is 13.1 Å². The minimum Gasteiger partial charge on any atom is -0.314 e. The summed E-state index contributed by atoms with van der Waals surface area (Å²) in [6.45, 7) is 7.11. The Morgan fingerprint density at radius 1 is 1.24 bits per heavy atom. The first-order chi connectivity index (χ1) is 8.31. The molecule has 0 spiro atoms. The van der Waals surface area contributed by atoms with Gasteiger partial charge in [0.1, 0.15) is 0 Å². The van der Waals surface area contributed by atoms with Crippen LogP contribution in [0.5, 0.6) is 0 Å². The summed E-state index contributed by atoms with van der Waals surface area (Å²) in [5.74, 6) is 0.889. The quantitative estimate of drug-likeness (QED) is 0.839. The Hall–Kier alpha value is -0.860. The van der Waals surface area contributed by atoms with Crippen molar-refractivity contribution < 1.29 is 0 Å². The lowest BCUT2D eigenvalue weighted by Crippen LogP contribution is -2.39. The van der Waals surface area contributed by atoms with E-state index in [0.717, 1.165) is 19.0 Å². The minimum atomic E-state index is 0.707. The fraction of sp³-hybridized carbons (Fsp3) is 0.600. The van der Waals surface area contributed by atoms with E-state index in [1.54, 1.807) is 0 Å². The number of nitrogens with one attached hydrogen (secondary N) is 1. The average Bonchev–Trinajstić information content (AvgIpc) is 2.71. The van der Waals surface area contributed by atoms with Gasteiger partial charge in [0.25, 0.3) is 0 Å². The molecule has 2 heterocycles. The highest BCUT2D eigenvalue weighted by molar-refractivity contribution is 5.30. The Kier molecular flexibility index (Phi) is 3.17. The molecule has 0 amide bonds. The van der Waals surface area contributed by atoms with Crippen molar-refractivity contribution in [1.29, 1.82) is 0 Å². The van der Waals surface area contributed by atoms with E-state index in [1.165, 1.54) is 37.1 Å². The Morgan fingerprint density at radius 2 is 1.94 bits per heavy atom. The van der Waals surface area contributed by atoms with Crippen LogP contribution in [0, 0.1) is 5.92 Å². The van der Waals surface area contributed by atoms with Crippen molar-refractivity contribution in [2.45, 2.75) is 38.9 Å². The molecule has 0 saturated carbocycles. The second kappa shape index (κ2) is 4.79. The Labute approximate surface area is 104 Å². The smallest absolute Gasteiger partial charge is 0.0240 e. The lowest BCUT2D eigenvalue weighted by molar-refractivity contribution is 0.193. The number of piperidine rings is 1. The van der Waals surface area contributed by atoms with E-state index in [2.05, 4.69) is 41.4 Å². The third-order valence-corrected chi connectivity index (χ3v) is 4.15. The summed E-state index contributed by atoms with van der Waals surface area (Å²) in [5.41, 5.74) is 3.07. The number of fused-ring (bicyclic) bond motifs is 1. The maximum Gasteiger partial charge on any atom is 0.0240 e. The molecule has 1 aromatic carbocycles. The first kappa shape index (κ1) is 11.2. The van der Waals surface area contributed by atoms with E-state index >= 15 is 0 Å². The van der Waals surface area contributed by atoms with E-state index in [0.29, 0.717) is 6.04 Å². The molecule has 1 fully saturated rings. The van der Waals surface area contributed by atoms with Gasteiger partial charge in [-0.05, 0) is 43.4 Å². The van der Waals surface area contributed by atoms with Gasteiger partial charge >= 0.3 is 0 Å². The first-order valence-corrected chi connectivity index (χ1v) is 6.84. The molecule has 1 N–H and O–H groups in total. The van der Waals surface area contributed by atoms with Crippen molar-refractivity contribution in [2.24, 2.45) is 5.92 Å². The van der Waals surface area contributed by atoms with Crippen LogP contribution in [-0.4, -0.2) is 24.0 Å². The molecule has 2 heteroatoms. The van der Waals surface area contributed by atoms with Crippen LogP contribution < -0.4 is 5.32 Å². The second-order valence-corrected chi connectivity index (χ2v) is 5.68. The van der Waals surface area contributed by atoms with Crippen molar-refractivity contribution in [3.05, 3.63) is 35.4 Å². The van der Waals surface area contributed by atoms with Crippen molar-refractivity contribution in [3.8, 4) is 0 Å². The topological polar surface area (TPSA) is 15.3 Å². The van der Waals surface area contributed by atoms with E-state index < -0.39 is 0 Å². The molecule has 0 aromatic heterocycles. The van der Waals surface area contributed by atoms with Gasteiger partial charge in [-0.25, -0.2) is 0 Å². The molecule has 1 saturated heterocycles. The zero-order chi connectivity index (χ0) is 11.7. The summed E-state index contributed by atoms with van der Waals surface area (Å²) in [7, 11) is 0. The first-order valence-electron chi connectivity index (χ1n) is 6.84. The fourth-order valence-corrected chi connectivity index (χ4v) is 3.30. The van der Waals surface area contributed by atoms with Gasteiger partial charge in [-0.15, -0.1) is 0 Å². The lowest BCUT2D eigenvalue weighted by atomic mass is 9.93. The van der Waals surface area contributed by atoms with Crippen LogP contribution in [0.15, 0.2) is 24.3 Å². The largest absolute Gasteiger partial charge is 0.314 e. The van der Waals surface area contributed by atoms with Gasteiger partial charge in [0.2, 0.25) is 0 Å². The monoisotopic (exact) mass is 230 g/mol. The number of benzene rings is 1. The standard InChI is InChI=1S/C15H22N2/c1-12-8-13(6-7-16-12)9-17-10-14-4-2-3-5-15(14)11-17/h2-5,12-13,16H,6-11H2,1H3. The molecule has 3 rings (SSSR count). The molecule has 17 heavy (non-hydrogen) atoms. The minimum absolute atomic E-state index is 0.707. The van der Waals surface area contributed by atoms with Gasteiger partial charge in [0, 0.05) is 25.7 Å². The summed E-state index contributed by atoms with van der Waals surface area (Å²) in [6, 6.07) is 9.59. The van der Waals surface area contributed by atoms with Crippen LogP contribution >= 0.6 is 0 Å². The third-order valence-electron chi connectivity index (χ3n) is 4.15. The van der Waals surface area contributed by atoms with Crippen molar-refractivity contribution >= 4 is 0 Å². The number of rotatable bonds is 2. The molecule has 2 atom stereocenters. The van der Waals surface area contributed by atoms with Gasteiger partial charge in [-0.3, -0.25) is 4.90 Å². The summed E-state index contributed by atoms with van der Waals surface area (Å²) in [4.78, 5) is 2.62. The van der Waals surface area contributed by atoms with Crippen LogP contribution in [0.25, 0.3) is 0 Å². The normalized spacial score (nSPS) is 29.2. The predicted octanol–water partition coefficient (Wildman–Crippen LogP) is 2.39. The van der Waals surface area contributed by atoms with Crippen LogP contribution in [0.3, 0.4) is 0 Å². The molecular formula is C15H22N2. The van der Waals surface area contributed by atoms with E-state index in [1.807, 2.05) is 0 Å². The SMILES string of the molecule is CC1CC(CN2Cc3ccccc3C2)CCN1. The van der Waals surface area contributed by atoms with Gasteiger partial charge in [0.15, 0.2) is 0 Å². The van der Waals surface area contributed by atoms with Crippen LogP contribution in [0.1, 0.15) is 30.9 Å². The maximum absolute atomic E-state index is 3.54. The Bertz CT molecular complexity index is 363. The third kappa shape index (κ3) is 2.53. The van der Waals surface area contributed by atoms with Crippen molar-refractivity contribution in [3.63, 3.8) is 0 Å². The predicted molar refractivity (Wildman–Crippen MR) is 70.7 cm³/mol. The van der Waals surface area contributed by atoms with Crippen LogP contribution in [0.4, 0.5) is 0 Å². The summed E-state index contributed by atoms with van der Waals surface area (Å²) in [6.07, 6.45) is 2.68. The van der Waals surface area contributed by atoms with E-state index in [9.17, 15) is 0 Å². The highest BCUT2D eigenvalue weighted by Crippen LogP contribution is 2.25. The van der Waals surface area contributed by atoms with Gasteiger partial charge in [-0.1, -0.05) is 24.3 Å². The Morgan fingerprint density at radius 3 is 2.59 bits per heavy atom. The highest BCUT2D eigenvalue weighted by atomic mass is 15.1. The molecule has 0 radical (unpaired) electrons. The molecular weight excluding hydrogens is 208 g/mol. The summed E-state index contributed by atoms with van der Waals surface area (Å²) < 4.78 is 0. The summed E-state index contributed by atoms with van der Waals surface area (Å²) >= 11 is 0. The van der Waals surface area contributed by atoms with Crippen LogP contribution in [-0.2, 0) is 13.1 Å². The van der Waals surface area contributed by atoms with Gasteiger partial charge in [0.05, 0.1) is 0 Å². The second-order valence-electron chi connectivity index (χ2n) is 5.68. The maximum atomic E-state index is 3.54. The number of hydrogen-bond acceptors (Lipinski definition) is 2. The molecule has 2 unspecified atom stereocenters. The molecule has 0 bridgehead atoms. The lowest BCUT2D eigenvalue weighted by Gasteiger charge is -2.31. The molecule has 2 aliphatic heterocycles. The van der Waals surface area contributed by atoms with E-state index in [4.69, 9.17) is 0 Å². The summed E-state index contributed by atoms with van der Waals surface area (Å²) in [5, 5.41) is 3.54. The number of hydrogen-bond donors (Lipinski definition) is 1. The molecule has 2 aliphatic rings. The molecule has 2 nitrogen and oxygen atoms in total. The zero-order valence-electron chi connectivity index (χ0n) is 10.7. The highest BCUT2D eigenvalue weighted by Gasteiger charge is 2.24.